The van der Waals surface area contributed by atoms with Gasteiger partial charge in [-0.15, -0.1) is 0 Å². The number of rotatable bonds is 1. The third-order valence-electron chi connectivity index (χ3n) is 2.35. The number of benzene rings is 1. The minimum Gasteiger partial charge on any atom is -0.197 e. The highest BCUT2D eigenvalue weighted by Crippen LogP contribution is 2.32. The van der Waals surface area contributed by atoms with Crippen LogP contribution in [-0.4, -0.2) is 0 Å². The van der Waals surface area contributed by atoms with Crippen LogP contribution in [0.1, 0.15) is 30.5 Å². The lowest BCUT2D eigenvalue weighted by molar-refractivity contribution is 0.685. The molecule has 0 aliphatic rings. The Labute approximate surface area is 90.3 Å². The minimum atomic E-state index is -0.520. The lowest BCUT2D eigenvalue weighted by atomic mass is 9.84. The summed E-state index contributed by atoms with van der Waals surface area (Å²) in [5, 5.41) is 9.76. The number of halogens is 1. The van der Waals surface area contributed by atoms with Gasteiger partial charge in [-0.2, -0.15) is 5.26 Å². The summed E-state index contributed by atoms with van der Waals surface area (Å²) in [5.74, 6) is 0. The van der Waals surface area contributed by atoms with Crippen molar-refractivity contribution in [2.75, 3.05) is 0 Å². The second-order valence-corrected chi connectivity index (χ2v) is 4.56. The fourth-order valence-corrected chi connectivity index (χ4v) is 1.81. The number of hydrogen-bond acceptors (Lipinski definition) is 1. The molecule has 1 nitrogen and oxygen atoms in total. The van der Waals surface area contributed by atoms with Crippen molar-refractivity contribution in [2.24, 2.45) is 0 Å². The van der Waals surface area contributed by atoms with Crippen molar-refractivity contribution in [1.29, 1.82) is 5.26 Å². The van der Waals surface area contributed by atoms with Gasteiger partial charge >= 0.3 is 0 Å². The predicted octanol–water partition coefficient (Wildman–Crippen LogP) is 3.76. The molecule has 0 aliphatic heterocycles. The molecule has 0 spiro atoms. The Bertz CT molecular complexity index is 400. The minimum absolute atomic E-state index is 0.520. The van der Waals surface area contributed by atoms with Gasteiger partial charge < -0.3 is 0 Å². The third kappa shape index (κ3) is 1.91. The lowest BCUT2D eigenvalue weighted by Crippen LogP contribution is -2.15. The number of nitrogens with zero attached hydrogens (tertiary/aromatic N) is 1. The van der Waals surface area contributed by atoms with Gasteiger partial charge in [0.25, 0.3) is 0 Å². The highest BCUT2D eigenvalue weighted by Gasteiger charge is 2.23. The highest BCUT2D eigenvalue weighted by atomic mass is 35.5. The summed E-state index contributed by atoms with van der Waals surface area (Å²) in [4.78, 5) is 0. The van der Waals surface area contributed by atoms with E-state index in [0.717, 1.165) is 16.7 Å². The fraction of sp³-hybridized carbons (Fsp3) is 0.417. The first-order chi connectivity index (χ1) is 6.38. The smallest absolute Gasteiger partial charge is 0.0780 e. The summed E-state index contributed by atoms with van der Waals surface area (Å²) in [7, 11) is 0. The van der Waals surface area contributed by atoms with Crippen molar-refractivity contribution < 1.29 is 0 Å². The van der Waals surface area contributed by atoms with Gasteiger partial charge in [0, 0.05) is 5.02 Å². The van der Waals surface area contributed by atoms with Crippen molar-refractivity contribution in [1.82, 2.24) is 0 Å². The maximum absolute atomic E-state index is 9.05. The van der Waals surface area contributed by atoms with E-state index >= 15 is 0 Å². The summed E-state index contributed by atoms with van der Waals surface area (Å²) >= 11 is 6.18. The molecule has 0 atom stereocenters. The zero-order valence-corrected chi connectivity index (χ0v) is 9.74. The van der Waals surface area contributed by atoms with Crippen molar-refractivity contribution in [2.45, 2.75) is 33.1 Å². The van der Waals surface area contributed by atoms with Crippen LogP contribution in [-0.2, 0) is 5.41 Å². The zero-order chi connectivity index (χ0) is 10.9. The molecule has 0 unspecified atom stereocenters. The van der Waals surface area contributed by atoms with Gasteiger partial charge in [-0.05, 0) is 38.8 Å². The van der Waals surface area contributed by atoms with Crippen molar-refractivity contribution in [3.05, 3.63) is 33.8 Å². The van der Waals surface area contributed by atoms with Crippen LogP contribution in [0.15, 0.2) is 12.1 Å². The highest BCUT2D eigenvalue weighted by molar-refractivity contribution is 6.32. The average Bonchev–Trinajstić information content (AvgIpc) is 2.11. The molecule has 0 radical (unpaired) electrons. The SMILES string of the molecule is Cc1cc(C)c(Cl)c(C(C)(C)C#N)c1. The maximum Gasteiger partial charge on any atom is 0.0780 e. The van der Waals surface area contributed by atoms with E-state index in [-0.39, 0.29) is 0 Å². The van der Waals surface area contributed by atoms with Gasteiger partial charge in [-0.1, -0.05) is 29.3 Å². The molecule has 0 amide bonds. The summed E-state index contributed by atoms with van der Waals surface area (Å²) in [6, 6.07) is 6.28. The first-order valence-electron chi connectivity index (χ1n) is 4.57. The van der Waals surface area contributed by atoms with Crippen LogP contribution in [0.3, 0.4) is 0 Å². The van der Waals surface area contributed by atoms with Crippen LogP contribution in [0.5, 0.6) is 0 Å². The van der Waals surface area contributed by atoms with Crippen molar-refractivity contribution in [3.8, 4) is 6.07 Å². The van der Waals surface area contributed by atoms with E-state index in [1.807, 2.05) is 39.8 Å². The van der Waals surface area contributed by atoms with E-state index in [1.165, 1.54) is 0 Å². The Hall–Kier alpha value is -1.00. The standard InChI is InChI=1S/C12H14ClN/c1-8-5-9(2)11(13)10(6-8)12(3,4)7-14/h5-6H,1-4H3. The molecule has 0 heterocycles. The summed E-state index contributed by atoms with van der Waals surface area (Å²) < 4.78 is 0. The van der Waals surface area contributed by atoms with Crippen molar-refractivity contribution >= 4 is 11.6 Å². The molecular weight excluding hydrogens is 194 g/mol. The van der Waals surface area contributed by atoms with Crippen LogP contribution < -0.4 is 0 Å². The normalized spacial score (nSPS) is 11.1. The molecule has 0 aromatic heterocycles. The second kappa shape index (κ2) is 3.63. The molecule has 0 aliphatic carbocycles. The van der Waals surface area contributed by atoms with Crippen LogP contribution in [0.4, 0.5) is 0 Å². The van der Waals surface area contributed by atoms with Gasteiger partial charge in [0.15, 0.2) is 0 Å². The molecule has 74 valence electrons. The molecule has 0 N–H and O–H groups in total. The fourth-order valence-electron chi connectivity index (χ4n) is 1.46. The van der Waals surface area contributed by atoms with E-state index in [4.69, 9.17) is 16.9 Å². The third-order valence-corrected chi connectivity index (χ3v) is 2.85. The summed E-state index contributed by atoms with van der Waals surface area (Å²) in [6.07, 6.45) is 0. The number of nitriles is 1. The Morgan fingerprint density at radius 3 is 2.36 bits per heavy atom. The molecular formula is C12H14ClN. The van der Waals surface area contributed by atoms with Gasteiger partial charge in [-0.3, -0.25) is 0 Å². The topological polar surface area (TPSA) is 23.8 Å². The van der Waals surface area contributed by atoms with Gasteiger partial charge in [0.1, 0.15) is 0 Å². The Morgan fingerprint density at radius 2 is 1.86 bits per heavy atom. The Kier molecular flexibility index (Phi) is 2.87. The molecule has 1 rings (SSSR count). The van der Waals surface area contributed by atoms with Crippen LogP contribution in [0.25, 0.3) is 0 Å². The van der Waals surface area contributed by atoms with E-state index in [1.54, 1.807) is 0 Å². The average molecular weight is 208 g/mol. The second-order valence-electron chi connectivity index (χ2n) is 4.18. The van der Waals surface area contributed by atoms with Gasteiger partial charge in [0.2, 0.25) is 0 Å². The number of hydrogen-bond donors (Lipinski definition) is 0. The molecule has 14 heavy (non-hydrogen) atoms. The Morgan fingerprint density at radius 1 is 1.29 bits per heavy atom. The predicted molar refractivity (Wildman–Crippen MR) is 59.6 cm³/mol. The van der Waals surface area contributed by atoms with Crippen LogP contribution in [0.2, 0.25) is 5.02 Å². The van der Waals surface area contributed by atoms with E-state index in [0.29, 0.717) is 5.02 Å². The Balaban J connectivity index is 3.44. The van der Waals surface area contributed by atoms with Crippen LogP contribution in [0, 0.1) is 25.2 Å². The molecule has 0 saturated carbocycles. The first-order valence-corrected chi connectivity index (χ1v) is 4.95. The molecule has 1 aromatic rings. The molecule has 1 aromatic carbocycles. The molecule has 0 bridgehead atoms. The van der Waals surface area contributed by atoms with E-state index in [9.17, 15) is 0 Å². The monoisotopic (exact) mass is 207 g/mol. The largest absolute Gasteiger partial charge is 0.197 e. The first kappa shape index (κ1) is 11.1. The van der Waals surface area contributed by atoms with Gasteiger partial charge in [0.05, 0.1) is 11.5 Å². The molecule has 0 saturated heterocycles. The number of aryl methyl sites for hydroxylation is 2. The van der Waals surface area contributed by atoms with Crippen LogP contribution >= 0.6 is 11.6 Å². The van der Waals surface area contributed by atoms with Gasteiger partial charge in [-0.25, -0.2) is 0 Å². The molecule has 2 heteroatoms. The quantitative estimate of drug-likeness (QED) is 0.688. The zero-order valence-electron chi connectivity index (χ0n) is 8.98. The lowest BCUT2D eigenvalue weighted by Gasteiger charge is -2.19. The van der Waals surface area contributed by atoms with E-state index < -0.39 is 5.41 Å². The maximum atomic E-state index is 9.05. The van der Waals surface area contributed by atoms with Crippen molar-refractivity contribution in [3.63, 3.8) is 0 Å². The molecule has 0 fully saturated rings. The summed E-state index contributed by atoms with van der Waals surface area (Å²) in [6.45, 7) is 7.74. The van der Waals surface area contributed by atoms with E-state index in [2.05, 4.69) is 6.07 Å². The summed E-state index contributed by atoms with van der Waals surface area (Å²) in [5.41, 5.74) is 2.57.